The monoisotopic (exact) mass is 434 g/mol. The third-order valence-corrected chi connectivity index (χ3v) is 7.32. The van der Waals surface area contributed by atoms with Crippen LogP contribution in [0.15, 0.2) is 0 Å². The smallest absolute Gasteiger partial charge is 0.267 e. The van der Waals surface area contributed by atoms with Crippen LogP contribution in [0.25, 0.3) is 0 Å². The Bertz CT molecular complexity index is 436. The molecular formula is C24H50O4S. The summed E-state index contributed by atoms with van der Waals surface area (Å²) in [6.07, 6.45) is 20.9. The van der Waals surface area contributed by atoms with E-state index in [-0.39, 0.29) is 6.10 Å². The van der Waals surface area contributed by atoms with E-state index in [1.807, 2.05) is 0 Å². The molecule has 5 heteroatoms. The van der Waals surface area contributed by atoms with Crippen LogP contribution in [-0.4, -0.2) is 29.4 Å². The van der Waals surface area contributed by atoms with Crippen LogP contribution < -0.4 is 0 Å². The SMILES string of the molecule is CCCCCCCCCCC(CCCCCCC(O)CCCCCC)S(=O)(=O)O. The quantitative estimate of drug-likeness (QED) is 0.137. The second kappa shape index (κ2) is 19.8. The highest BCUT2D eigenvalue weighted by Gasteiger charge is 2.21. The maximum atomic E-state index is 11.6. The van der Waals surface area contributed by atoms with Crippen LogP contribution >= 0.6 is 0 Å². The lowest BCUT2D eigenvalue weighted by Crippen LogP contribution is -2.20. The molecule has 0 spiro atoms. The highest BCUT2D eigenvalue weighted by atomic mass is 32.2. The molecule has 4 nitrogen and oxygen atoms in total. The fourth-order valence-electron chi connectivity index (χ4n) is 4.00. The predicted octanol–water partition coefficient (Wildman–Crippen LogP) is 7.45. The van der Waals surface area contributed by atoms with Gasteiger partial charge in [0.25, 0.3) is 10.1 Å². The molecule has 0 aliphatic rings. The minimum Gasteiger partial charge on any atom is -0.393 e. The lowest BCUT2D eigenvalue weighted by Gasteiger charge is -2.14. The second-order valence-electron chi connectivity index (χ2n) is 8.90. The van der Waals surface area contributed by atoms with E-state index in [2.05, 4.69) is 13.8 Å². The summed E-state index contributed by atoms with van der Waals surface area (Å²) in [5.74, 6) is 0. The van der Waals surface area contributed by atoms with Gasteiger partial charge in [-0.05, 0) is 25.7 Å². The van der Waals surface area contributed by atoms with Gasteiger partial charge in [-0.3, -0.25) is 4.55 Å². The third kappa shape index (κ3) is 19.6. The largest absolute Gasteiger partial charge is 0.393 e. The average Bonchev–Trinajstić information content (AvgIpc) is 2.67. The van der Waals surface area contributed by atoms with Crippen LogP contribution in [0.5, 0.6) is 0 Å². The molecule has 0 radical (unpaired) electrons. The molecule has 0 saturated carbocycles. The van der Waals surface area contributed by atoms with Gasteiger partial charge in [0.1, 0.15) is 0 Å². The summed E-state index contributed by atoms with van der Waals surface area (Å²) >= 11 is 0. The summed E-state index contributed by atoms with van der Waals surface area (Å²) < 4.78 is 32.8. The molecule has 0 bridgehead atoms. The van der Waals surface area contributed by atoms with Gasteiger partial charge in [0.2, 0.25) is 0 Å². The van der Waals surface area contributed by atoms with Gasteiger partial charge >= 0.3 is 0 Å². The van der Waals surface area contributed by atoms with Crippen molar-refractivity contribution in [3.63, 3.8) is 0 Å². The van der Waals surface area contributed by atoms with E-state index in [1.165, 1.54) is 57.8 Å². The van der Waals surface area contributed by atoms with Gasteiger partial charge in [-0.15, -0.1) is 0 Å². The van der Waals surface area contributed by atoms with Crippen LogP contribution in [-0.2, 0) is 10.1 Å². The lowest BCUT2D eigenvalue weighted by atomic mass is 10.0. The van der Waals surface area contributed by atoms with E-state index in [9.17, 15) is 18.1 Å². The first-order valence-electron chi connectivity index (χ1n) is 12.6. The number of aliphatic hydroxyl groups excluding tert-OH is 1. The Balaban J connectivity index is 3.75. The molecule has 0 aromatic heterocycles. The zero-order valence-corrected chi connectivity index (χ0v) is 20.2. The predicted molar refractivity (Wildman–Crippen MR) is 125 cm³/mol. The molecule has 176 valence electrons. The normalized spacial score (nSPS) is 14.2. The second-order valence-corrected chi connectivity index (χ2v) is 10.6. The van der Waals surface area contributed by atoms with Crippen LogP contribution in [0.2, 0.25) is 0 Å². The fraction of sp³-hybridized carbons (Fsp3) is 1.00. The van der Waals surface area contributed by atoms with Crippen molar-refractivity contribution in [3.05, 3.63) is 0 Å². The van der Waals surface area contributed by atoms with E-state index in [1.54, 1.807) is 0 Å². The van der Waals surface area contributed by atoms with Crippen LogP contribution in [0, 0.1) is 0 Å². The van der Waals surface area contributed by atoms with Crippen molar-refractivity contribution in [2.45, 2.75) is 154 Å². The standard InChI is InChI=1S/C24H50O4S/c1-3-5-7-9-10-11-12-17-21-24(29(26,27)28)22-18-14-13-16-20-23(25)19-15-8-6-4-2/h23-25H,3-22H2,1-2H3,(H,26,27,28). The van der Waals surface area contributed by atoms with Gasteiger partial charge in [0, 0.05) is 0 Å². The third-order valence-electron chi connectivity index (χ3n) is 6.01. The zero-order valence-electron chi connectivity index (χ0n) is 19.4. The zero-order chi connectivity index (χ0) is 21.8. The summed E-state index contributed by atoms with van der Waals surface area (Å²) in [7, 11) is -3.93. The van der Waals surface area contributed by atoms with E-state index in [4.69, 9.17) is 0 Å². The molecule has 0 fully saturated rings. The Labute approximate surface area is 182 Å². The van der Waals surface area contributed by atoms with E-state index < -0.39 is 15.4 Å². The molecule has 0 saturated heterocycles. The maximum Gasteiger partial charge on any atom is 0.267 e. The molecule has 2 N–H and O–H groups in total. The van der Waals surface area contributed by atoms with Crippen molar-refractivity contribution in [3.8, 4) is 0 Å². The van der Waals surface area contributed by atoms with Crippen molar-refractivity contribution in [1.29, 1.82) is 0 Å². The minimum absolute atomic E-state index is 0.181. The molecule has 2 unspecified atom stereocenters. The topological polar surface area (TPSA) is 74.6 Å². The maximum absolute atomic E-state index is 11.6. The van der Waals surface area contributed by atoms with E-state index >= 15 is 0 Å². The summed E-state index contributed by atoms with van der Waals surface area (Å²) in [4.78, 5) is 0. The van der Waals surface area contributed by atoms with Gasteiger partial charge in [0.05, 0.1) is 11.4 Å². The summed E-state index contributed by atoms with van der Waals surface area (Å²) in [6, 6.07) is 0. The Morgan fingerprint density at radius 3 is 1.24 bits per heavy atom. The Kier molecular flexibility index (Phi) is 19.7. The number of aliphatic hydroxyl groups is 1. The Morgan fingerprint density at radius 2 is 0.862 bits per heavy atom. The van der Waals surface area contributed by atoms with Gasteiger partial charge < -0.3 is 5.11 Å². The molecule has 2 atom stereocenters. The Hall–Kier alpha value is -0.130. The summed E-state index contributed by atoms with van der Waals surface area (Å²) in [5.41, 5.74) is 0. The first-order valence-corrected chi connectivity index (χ1v) is 14.1. The fourth-order valence-corrected chi connectivity index (χ4v) is 4.93. The molecule has 0 heterocycles. The molecular weight excluding hydrogens is 384 g/mol. The summed E-state index contributed by atoms with van der Waals surface area (Å²) in [6.45, 7) is 4.41. The molecule has 0 aromatic rings. The van der Waals surface area contributed by atoms with Crippen molar-refractivity contribution in [2.24, 2.45) is 0 Å². The van der Waals surface area contributed by atoms with Crippen molar-refractivity contribution in [2.75, 3.05) is 0 Å². The Morgan fingerprint density at radius 1 is 0.552 bits per heavy atom. The number of hydrogen-bond donors (Lipinski definition) is 2. The van der Waals surface area contributed by atoms with Gasteiger partial charge in [0.15, 0.2) is 0 Å². The molecule has 0 aliphatic heterocycles. The van der Waals surface area contributed by atoms with Crippen molar-refractivity contribution < 1.29 is 18.1 Å². The first kappa shape index (κ1) is 28.9. The number of rotatable bonds is 22. The molecule has 0 amide bonds. The minimum atomic E-state index is -3.93. The van der Waals surface area contributed by atoms with Crippen molar-refractivity contribution in [1.82, 2.24) is 0 Å². The van der Waals surface area contributed by atoms with Gasteiger partial charge in [-0.1, -0.05) is 117 Å². The molecule has 0 aliphatic carbocycles. The number of hydrogen-bond acceptors (Lipinski definition) is 3. The molecule has 29 heavy (non-hydrogen) atoms. The van der Waals surface area contributed by atoms with Crippen LogP contribution in [0.4, 0.5) is 0 Å². The highest BCUT2D eigenvalue weighted by Crippen LogP contribution is 2.20. The van der Waals surface area contributed by atoms with Gasteiger partial charge in [-0.25, -0.2) is 0 Å². The first-order chi connectivity index (χ1) is 13.9. The number of unbranched alkanes of at least 4 members (excludes halogenated alkanes) is 13. The summed E-state index contributed by atoms with van der Waals surface area (Å²) in [5, 5.41) is 9.40. The lowest BCUT2D eigenvalue weighted by molar-refractivity contribution is 0.147. The molecule has 0 aromatic carbocycles. The highest BCUT2D eigenvalue weighted by molar-refractivity contribution is 7.86. The average molecular weight is 435 g/mol. The van der Waals surface area contributed by atoms with Crippen LogP contribution in [0.1, 0.15) is 142 Å². The molecule has 0 rings (SSSR count). The van der Waals surface area contributed by atoms with Gasteiger partial charge in [-0.2, -0.15) is 8.42 Å². The van der Waals surface area contributed by atoms with E-state index in [0.717, 1.165) is 57.8 Å². The van der Waals surface area contributed by atoms with Crippen LogP contribution in [0.3, 0.4) is 0 Å². The van der Waals surface area contributed by atoms with E-state index in [0.29, 0.717) is 12.8 Å². The van der Waals surface area contributed by atoms with Crippen molar-refractivity contribution >= 4 is 10.1 Å².